The fourth-order valence-corrected chi connectivity index (χ4v) is 2.36. The van der Waals surface area contributed by atoms with Gasteiger partial charge in [0.25, 0.3) is 5.91 Å². The van der Waals surface area contributed by atoms with Gasteiger partial charge in [-0.05, 0) is 60.2 Å². The summed E-state index contributed by atoms with van der Waals surface area (Å²) in [6, 6.07) is 9.68. The van der Waals surface area contributed by atoms with Crippen LogP contribution in [0.1, 0.15) is 48.0 Å². The predicted molar refractivity (Wildman–Crippen MR) is 86.8 cm³/mol. The quantitative estimate of drug-likeness (QED) is 0.894. The molecule has 1 aromatic heterocycles. The highest BCUT2D eigenvalue weighted by Gasteiger charge is 2.17. The SMILES string of the molecule is Cc1ccnc(C(=O)Nc2ccc(C)c(C(C)(C)C)c2)c1. The lowest BCUT2D eigenvalue weighted by molar-refractivity contribution is 0.102. The molecule has 110 valence electrons. The van der Waals surface area contributed by atoms with Crippen molar-refractivity contribution < 1.29 is 4.79 Å². The Kier molecular flexibility index (Phi) is 4.12. The van der Waals surface area contributed by atoms with Crippen LogP contribution in [0.4, 0.5) is 5.69 Å². The maximum Gasteiger partial charge on any atom is 0.274 e. The molecule has 1 amide bonds. The highest BCUT2D eigenvalue weighted by molar-refractivity contribution is 6.03. The van der Waals surface area contributed by atoms with E-state index in [9.17, 15) is 4.79 Å². The summed E-state index contributed by atoms with van der Waals surface area (Å²) in [6.07, 6.45) is 1.65. The van der Waals surface area contributed by atoms with Gasteiger partial charge in [0.05, 0.1) is 0 Å². The first-order valence-corrected chi connectivity index (χ1v) is 7.12. The first-order chi connectivity index (χ1) is 9.77. The van der Waals surface area contributed by atoms with Gasteiger partial charge in [0.15, 0.2) is 0 Å². The van der Waals surface area contributed by atoms with E-state index in [0.717, 1.165) is 11.3 Å². The van der Waals surface area contributed by atoms with Crippen LogP contribution in [0.15, 0.2) is 36.5 Å². The summed E-state index contributed by atoms with van der Waals surface area (Å²) >= 11 is 0. The third kappa shape index (κ3) is 3.69. The number of carbonyl (C=O) groups excluding carboxylic acids is 1. The molecule has 3 heteroatoms. The maximum atomic E-state index is 12.2. The van der Waals surface area contributed by atoms with E-state index < -0.39 is 0 Å². The van der Waals surface area contributed by atoms with E-state index in [4.69, 9.17) is 0 Å². The standard InChI is InChI=1S/C18H22N2O/c1-12-8-9-19-16(10-12)17(21)20-14-7-6-13(2)15(11-14)18(3,4)5/h6-11H,1-5H3,(H,20,21). The van der Waals surface area contributed by atoms with E-state index >= 15 is 0 Å². The minimum Gasteiger partial charge on any atom is -0.321 e. The summed E-state index contributed by atoms with van der Waals surface area (Å²) in [5.74, 6) is -0.178. The molecule has 0 fully saturated rings. The van der Waals surface area contributed by atoms with Crippen LogP contribution < -0.4 is 5.32 Å². The van der Waals surface area contributed by atoms with Crippen molar-refractivity contribution in [3.8, 4) is 0 Å². The molecule has 0 atom stereocenters. The largest absolute Gasteiger partial charge is 0.321 e. The Morgan fingerprint density at radius 3 is 2.43 bits per heavy atom. The Hall–Kier alpha value is -2.16. The molecule has 0 saturated heterocycles. The summed E-state index contributed by atoms with van der Waals surface area (Å²) < 4.78 is 0. The van der Waals surface area contributed by atoms with E-state index in [0.29, 0.717) is 5.69 Å². The normalized spacial score (nSPS) is 11.3. The first kappa shape index (κ1) is 15.2. The van der Waals surface area contributed by atoms with Crippen molar-refractivity contribution in [2.75, 3.05) is 5.32 Å². The monoisotopic (exact) mass is 282 g/mol. The van der Waals surface area contributed by atoms with Gasteiger partial charge in [0, 0.05) is 11.9 Å². The molecule has 0 saturated carbocycles. The first-order valence-electron chi connectivity index (χ1n) is 7.12. The Bertz CT molecular complexity index is 669. The van der Waals surface area contributed by atoms with Crippen molar-refractivity contribution in [1.82, 2.24) is 4.98 Å². The van der Waals surface area contributed by atoms with Crippen molar-refractivity contribution in [1.29, 1.82) is 0 Å². The zero-order chi connectivity index (χ0) is 15.6. The highest BCUT2D eigenvalue weighted by atomic mass is 16.1. The molecule has 2 aromatic rings. The molecular weight excluding hydrogens is 260 g/mol. The van der Waals surface area contributed by atoms with Crippen LogP contribution in [0.5, 0.6) is 0 Å². The molecule has 1 N–H and O–H groups in total. The topological polar surface area (TPSA) is 42.0 Å². The van der Waals surface area contributed by atoms with Crippen molar-refractivity contribution in [3.63, 3.8) is 0 Å². The second kappa shape index (κ2) is 5.68. The van der Waals surface area contributed by atoms with Crippen molar-refractivity contribution in [2.24, 2.45) is 0 Å². The summed E-state index contributed by atoms with van der Waals surface area (Å²) in [5, 5.41) is 2.92. The van der Waals surface area contributed by atoms with Gasteiger partial charge in [0.2, 0.25) is 0 Å². The third-order valence-corrected chi connectivity index (χ3v) is 3.45. The van der Waals surface area contributed by atoms with Gasteiger partial charge in [-0.2, -0.15) is 0 Å². The number of hydrogen-bond acceptors (Lipinski definition) is 2. The van der Waals surface area contributed by atoms with Crippen molar-refractivity contribution >= 4 is 11.6 Å². The lowest BCUT2D eigenvalue weighted by Crippen LogP contribution is -2.16. The molecule has 0 spiro atoms. The molecule has 21 heavy (non-hydrogen) atoms. The lowest BCUT2D eigenvalue weighted by atomic mass is 9.84. The summed E-state index contributed by atoms with van der Waals surface area (Å²) in [5.41, 5.74) is 4.78. The number of carbonyl (C=O) groups is 1. The molecule has 0 radical (unpaired) electrons. The number of nitrogens with one attached hydrogen (secondary N) is 1. The zero-order valence-corrected chi connectivity index (χ0v) is 13.3. The van der Waals surface area contributed by atoms with Gasteiger partial charge in [-0.15, -0.1) is 0 Å². The van der Waals surface area contributed by atoms with Gasteiger partial charge < -0.3 is 5.32 Å². The number of aryl methyl sites for hydroxylation is 2. The van der Waals surface area contributed by atoms with E-state index in [1.807, 2.05) is 31.2 Å². The zero-order valence-electron chi connectivity index (χ0n) is 13.3. The summed E-state index contributed by atoms with van der Waals surface area (Å²) in [6.45, 7) is 10.5. The second-order valence-electron chi connectivity index (χ2n) is 6.45. The summed E-state index contributed by atoms with van der Waals surface area (Å²) in [4.78, 5) is 16.4. The Balaban J connectivity index is 2.26. The minimum atomic E-state index is -0.178. The Morgan fingerprint density at radius 2 is 1.81 bits per heavy atom. The third-order valence-electron chi connectivity index (χ3n) is 3.45. The number of amides is 1. The van der Waals surface area contributed by atoms with Crippen LogP contribution in [0, 0.1) is 13.8 Å². The Morgan fingerprint density at radius 1 is 1.10 bits per heavy atom. The number of nitrogens with zero attached hydrogens (tertiary/aromatic N) is 1. The number of hydrogen-bond donors (Lipinski definition) is 1. The van der Waals surface area contributed by atoms with E-state index in [-0.39, 0.29) is 11.3 Å². The van der Waals surface area contributed by atoms with E-state index in [1.54, 1.807) is 12.3 Å². The average molecular weight is 282 g/mol. The molecule has 0 aliphatic rings. The molecule has 0 unspecified atom stereocenters. The fraction of sp³-hybridized carbons (Fsp3) is 0.333. The van der Waals surface area contributed by atoms with Crippen LogP contribution in [0.25, 0.3) is 0 Å². The van der Waals surface area contributed by atoms with Crippen LogP contribution in [0.3, 0.4) is 0 Å². The van der Waals surface area contributed by atoms with Gasteiger partial charge in [-0.3, -0.25) is 9.78 Å². The van der Waals surface area contributed by atoms with Crippen LogP contribution in [0.2, 0.25) is 0 Å². The van der Waals surface area contributed by atoms with Gasteiger partial charge in [-0.1, -0.05) is 26.8 Å². The molecule has 1 heterocycles. The average Bonchev–Trinajstić information content (AvgIpc) is 2.39. The lowest BCUT2D eigenvalue weighted by Gasteiger charge is -2.22. The van der Waals surface area contributed by atoms with Crippen molar-refractivity contribution in [3.05, 3.63) is 58.9 Å². The van der Waals surface area contributed by atoms with E-state index in [2.05, 4.69) is 38.0 Å². The fourth-order valence-electron chi connectivity index (χ4n) is 2.36. The van der Waals surface area contributed by atoms with Gasteiger partial charge in [-0.25, -0.2) is 0 Å². The van der Waals surface area contributed by atoms with Crippen molar-refractivity contribution in [2.45, 2.75) is 40.0 Å². The highest BCUT2D eigenvalue weighted by Crippen LogP contribution is 2.28. The summed E-state index contributed by atoms with van der Waals surface area (Å²) in [7, 11) is 0. The maximum absolute atomic E-state index is 12.2. The number of pyridine rings is 1. The van der Waals surface area contributed by atoms with Gasteiger partial charge >= 0.3 is 0 Å². The molecule has 0 aliphatic carbocycles. The number of anilines is 1. The predicted octanol–water partition coefficient (Wildman–Crippen LogP) is 4.25. The number of benzene rings is 1. The van der Waals surface area contributed by atoms with Crippen LogP contribution >= 0.6 is 0 Å². The molecule has 0 aliphatic heterocycles. The minimum absolute atomic E-state index is 0.0480. The van der Waals surface area contributed by atoms with Gasteiger partial charge in [0.1, 0.15) is 5.69 Å². The molecule has 1 aromatic carbocycles. The second-order valence-corrected chi connectivity index (χ2v) is 6.45. The molecular formula is C18H22N2O. The number of rotatable bonds is 2. The van der Waals surface area contributed by atoms with E-state index in [1.165, 1.54) is 11.1 Å². The molecule has 3 nitrogen and oxygen atoms in total. The Labute approximate surface area is 126 Å². The van der Waals surface area contributed by atoms with Crippen LogP contribution in [-0.2, 0) is 5.41 Å². The number of aromatic nitrogens is 1. The van der Waals surface area contributed by atoms with Crippen LogP contribution in [-0.4, -0.2) is 10.9 Å². The smallest absolute Gasteiger partial charge is 0.274 e. The molecule has 2 rings (SSSR count). The molecule has 0 bridgehead atoms.